The van der Waals surface area contributed by atoms with Crippen molar-refractivity contribution in [3.63, 3.8) is 0 Å². The molecule has 0 radical (unpaired) electrons. The maximum Gasteiger partial charge on any atom is 0.0426 e. The molecule has 1 nitrogen and oxygen atoms in total. The molecule has 88 valence electrons. The lowest BCUT2D eigenvalue weighted by Gasteiger charge is -2.06. The van der Waals surface area contributed by atoms with E-state index >= 15 is 0 Å². The summed E-state index contributed by atoms with van der Waals surface area (Å²) in [5, 5.41) is 0.687. The standard InChI is InChI=1S/C14H14ClNS/c1-10-2-6-13(7-3-10)17-9-11-4-5-12(15)8-14(11)16/h2-8H,9,16H2,1H3. The zero-order chi connectivity index (χ0) is 12.3. The number of anilines is 1. The van der Waals surface area contributed by atoms with Crippen molar-refractivity contribution in [1.82, 2.24) is 0 Å². The highest BCUT2D eigenvalue weighted by Crippen LogP contribution is 2.27. The van der Waals surface area contributed by atoms with Crippen LogP contribution in [0.25, 0.3) is 0 Å². The minimum atomic E-state index is 0.687. The smallest absolute Gasteiger partial charge is 0.0426 e. The monoisotopic (exact) mass is 263 g/mol. The minimum absolute atomic E-state index is 0.687. The SMILES string of the molecule is Cc1ccc(SCc2ccc(Cl)cc2N)cc1. The van der Waals surface area contributed by atoms with Crippen molar-refractivity contribution < 1.29 is 0 Å². The van der Waals surface area contributed by atoms with Gasteiger partial charge in [0.25, 0.3) is 0 Å². The summed E-state index contributed by atoms with van der Waals surface area (Å²) < 4.78 is 0. The predicted octanol–water partition coefficient (Wildman–Crippen LogP) is 4.52. The predicted molar refractivity (Wildman–Crippen MR) is 76.6 cm³/mol. The van der Waals surface area contributed by atoms with E-state index in [-0.39, 0.29) is 0 Å². The molecule has 2 aromatic carbocycles. The summed E-state index contributed by atoms with van der Waals surface area (Å²) in [5.74, 6) is 0.867. The topological polar surface area (TPSA) is 26.0 Å². The van der Waals surface area contributed by atoms with Crippen LogP contribution in [0.5, 0.6) is 0 Å². The number of hydrogen-bond donors (Lipinski definition) is 1. The molecule has 2 rings (SSSR count). The van der Waals surface area contributed by atoms with E-state index in [0.717, 1.165) is 17.0 Å². The Labute approximate surface area is 111 Å². The first-order chi connectivity index (χ1) is 8.15. The Morgan fingerprint density at radius 2 is 1.82 bits per heavy atom. The molecule has 0 atom stereocenters. The lowest BCUT2D eigenvalue weighted by Crippen LogP contribution is -1.92. The van der Waals surface area contributed by atoms with E-state index in [1.807, 2.05) is 12.1 Å². The minimum Gasteiger partial charge on any atom is -0.398 e. The van der Waals surface area contributed by atoms with Crippen molar-refractivity contribution in [1.29, 1.82) is 0 Å². The molecule has 0 aliphatic carbocycles. The maximum atomic E-state index is 5.91. The van der Waals surface area contributed by atoms with E-state index < -0.39 is 0 Å². The molecular formula is C14H14ClNS. The normalized spacial score (nSPS) is 10.5. The fourth-order valence-corrected chi connectivity index (χ4v) is 2.59. The molecular weight excluding hydrogens is 250 g/mol. The van der Waals surface area contributed by atoms with E-state index in [4.69, 9.17) is 17.3 Å². The Balaban J connectivity index is 2.04. The van der Waals surface area contributed by atoms with E-state index in [2.05, 4.69) is 31.2 Å². The van der Waals surface area contributed by atoms with Crippen LogP contribution < -0.4 is 5.73 Å². The Kier molecular flexibility index (Phi) is 3.97. The Hall–Kier alpha value is -1.12. The second-order valence-electron chi connectivity index (χ2n) is 3.94. The Bertz CT molecular complexity index is 508. The Morgan fingerprint density at radius 3 is 2.47 bits per heavy atom. The molecule has 0 bridgehead atoms. The molecule has 0 aliphatic heterocycles. The third-order valence-corrected chi connectivity index (χ3v) is 3.82. The number of benzene rings is 2. The maximum absolute atomic E-state index is 5.91. The van der Waals surface area contributed by atoms with Gasteiger partial charge in [-0.25, -0.2) is 0 Å². The molecule has 0 amide bonds. The van der Waals surface area contributed by atoms with Gasteiger partial charge in [-0.1, -0.05) is 35.4 Å². The first-order valence-electron chi connectivity index (χ1n) is 5.38. The van der Waals surface area contributed by atoms with Crippen molar-refractivity contribution in [2.45, 2.75) is 17.6 Å². The zero-order valence-electron chi connectivity index (χ0n) is 9.61. The second kappa shape index (κ2) is 5.48. The number of rotatable bonds is 3. The third-order valence-electron chi connectivity index (χ3n) is 2.52. The molecule has 0 saturated heterocycles. The van der Waals surface area contributed by atoms with Gasteiger partial charge in [0.1, 0.15) is 0 Å². The summed E-state index contributed by atoms with van der Waals surface area (Å²) in [6.45, 7) is 2.09. The quantitative estimate of drug-likeness (QED) is 0.651. The molecule has 0 heterocycles. The van der Waals surface area contributed by atoms with E-state index in [1.54, 1.807) is 17.8 Å². The van der Waals surface area contributed by atoms with Crippen LogP contribution in [0.3, 0.4) is 0 Å². The van der Waals surface area contributed by atoms with Crippen LogP contribution in [0.15, 0.2) is 47.4 Å². The largest absolute Gasteiger partial charge is 0.398 e. The number of aryl methyl sites for hydroxylation is 1. The van der Waals surface area contributed by atoms with E-state index in [1.165, 1.54) is 10.5 Å². The summed E-state index contributed by atoms with van der Waals surface area (Å²) in [6.07, 6.45) is 0. The molecule has 0 aromatic heterocycles. The van der Waals surface area contributed by atoms with Gasteiger partial charge in [0, 0.05) is 21.4 Å². The van der Waals surface area contributed by atoms with E-state index in [0.29, 0.717) is 5.02 Å². The van der Waals surface area contributed by atoms with E-state index in [9.17, 15) is 0 Å². The van der Waals surface area contributed by atoms with Gasteiger partial charge >= 0.3 is 0 Å². The molecule has 0 aliphatic rings. The van der Waals surface area contributed by atoms with Gasteiger partial charge in [0.2, 0.25) is 0 Å². The van der Waals surface area contributed by atoms with Crippen molar-refractivity contribution in [2.75, 3.05) is 5.73 Å². The molecule has 0 spiro atoms. The van der Waals surface area contributed by atoms with Crippen LogP contribution in [0, 0.1) is 6.92 Å². The molecule has 0 saturated carbocycles. The van der Waals surface area contributed by atoms with Gasteiger partial charge in [-0.05, 0) is 36.8 Å². The average molecular weight is 264 g/mol. The fraction of sp³-hybridized carbons (Fsp3) is 0.143. The number of nitrogen functional groups attached to an aromatic ring is 1. The van der Waals surface area contributed by atoms with Gasteiger partial charge in [0.05, 0.1) is 0 Å². The number of thioether (sulfide) groups is 1. The van der Waals surface area contributed by atoms with Crippen LogP contribution >= 0.6 is 23.4 Å². The first kappa shape index (κ1) is 12.3. The first-order valence-corrected chi connectivity index (χ1v) is 6.75. The van der Waals surface area contributed by atoms with Crippen LogP contribution in [0.1, 0.15) is 11.1 Å². The highest BCUT2D eigenvalue weighted by molar-refractivity contribution is 7.98. The van der Waals surface area contributed by atoms with Crippen LogP contribution in [-0.4, -0.2) is 0 Å². The molecule has 0 fully saturated rings. The van der Waals surface area contributed by atoms with Gasteiger partial charge < -0.3 is 5.73 Å². The van der Waals surface area contributed by atoms with Gasteiger partial charge in [-0.2, -0.15) is 0 Å². The molecule has 2 aromatic rings. The molecule has 0 unspecified atom stereocenters. The summed E-state index contributed by atoms with van der Waals surface area (Å²) in [6, 6.07) is 14.2. The summed E-state index contributed by atoms with van der Waals surface area (Å²) in [7, 11) is 0. The highest BCUT2D eigenvalue weighted by Gasteiger charge is 2.01. The Morgan fingerprint density at radius 1 is 1.12 bits per heavy atom. The number of halogens is 1. The zero-order valence-corrected chi connectivity index (χ0v) is 11.2. The van der Waals surface area contributed by atoms with Crippen LogP contribution in [0.4, 0.5) is 5.69 Å². The third kappa shape index (κ3) is 3.42. The van der Waals surface area contributed by atoms with Crippen molar-refractivity contribution in [2.24, 2.45) is 0 Å². The van der Waals surface area contributed by atoms with Crippen LogP contribution in [-0.2, 0) is 5.75 Å². The van der Waals surface area contributed by atoms with Gasteiger partial charge in [0.15, 0.2) is 0 Å². The lowest BCUT2D eigenvalue weighted by molar-refractivity contribution is 1.35. The van der Waals surface area contributed by atoms with Crippen molar-refractivity contribution >= 4 is 29.1 Å². The summed E-state index contributed by atoms with van der Waals surface area (Å²) in [4.78, 5) is 1.25. The summed E-state index contributed by atoms with van der Waals surface area (Å²) in [5.41, 5.74) is 9.08. The second-order valence-corrected chi connectivity index (χ2v) is 5.43. The summed E-state index contributed by atoms with van der Waals surface area (Å²) >= 11 is 7.64. The number of hydrogen-bond acceptors (Lipinski definition) is 2. The average Bonchev–Trinajstić information content (AvgIpc) is 2.30. The lowest BCUT2D eigenvalue weighted by atomic mass is 10.2. The van der Waals surface area contributed by atoms with Crippen molar-refractivity contribution in [3.8, 4) is 0 Å². The molecule has 17 heavy (non-hydrogen) atoms. The highest BCUT2D eigenvalue weighted by atomic mass is 35.5. The molecule has 2 N–H and O–H groups in total. The fourth-order valence-electron chi connectivity index (χ4n) is 1.49. The van der Waals surface area contributed by atoms with Crippen molar-refractivity contribution in [3.05, 3.63) is 58.6 Å². The van der Waals surface area contributed by atoms with Gasteiger partial charge in [-0.3, -0.25) is 0 Å². The molecule has 3 heteroatoms. The number of nitrogens with two attached hydrogens (primary N) is 1. The van der Waals surface area contributed by atoms with Crippen LogP contribution in [0.2, 0.25) is 5.02 Å². The van der Waals surface area contributed by atoms with Gasteiger partial charge in [-0.15, -0.1) is 11.8 Å².